The van der Waals surface area contributed by atoms with Crippen molar-refractivity contribution in [3.05, 3.63) is 5.69 Å². The summed E-state index contributed by atoms with van der Waals surface area (Å²) >= 11 is 0. The van der Waals surface area contributed by atoms with Gasteiger partial charge in [-0.3, -0.25) is 5.10 Å². The molecule has 0 saturated heterocycles. The molecule has 0 aliphatic heterocycles. The number of nitrogens with one attached hydrogen (secondary N) is 1. The van der Waals surface area contributed by atoms with Crippen molar-refractivity contribution < 1.29 is 0 Å². The first kappa shape index (κ1) is 12.5. The number of rotatable bonds is 3. The van der Waals surface area contributed by atoms with Gasteiger partial charge in [-0.25, -0.2) is 0 Å². The molecule has 5 rings (SSSR count). The largest absolute Gasteiger partial charge is 0.380 e. The lowest BCUT2D eigenvalue weighted by molar-refractivity contribution is -0.00201. The predicted molar refractivity (Wildman–Crippen MR) is 81.7 cm³/mol. The summed E-state index contributed by atoms with van der Waals surface area (Å²) in [6, 6.07) is 0. The molecule has 3 N–H and O–H groups in total. The molecule has 1 aromatic heterocycles. The molecule has 20 heavy (non-hydrogen) atoms. The van der Waals surface area contributed by atoms with Gasteiger partial charge in [-0.05, 0) is 62.7 Å². The standard InChI is InChI=1S/C16H26N4/c1-3-13-14(15(17)19-18-13)20(2)16-7-10-4-11(8-16)6-12(5-10)9-16/h10-12H,3-9H2,1-2H3,(H3,17,18,19). The average Bonchev–Trinajstić information content (AvgIpc) is 2.77. The van der Waals surface area contributed by atoms with Crippen molar-refractivity contribution in [2.75, 3.05) is 17.7 Å². The number of nitrogens with two attached hydrogens (primary N) is 1. The van der Waals surface area contributed by atoms with E-state index < -0.39 is 0 Å². The maximum absolute atomic E-state index is 6.15. The highest BCUT2D eigenvalue weighted by molar-refractivity contribution is 5.68. The molecule has 4 aliphatic carbocycles. The van der Waals surface area contributed by atoms with Crippen molar-refractivity contribution in [3.63, 3.8) is 0 Å². The lowest BCUT2D eigenvalue weighted by atomic mass is 9.52. The van der Waals surface area contributed by atoms with E-state index in [9.17, 15) is 0 Å². The number of aromatic nitrogens is 2. The predicted octanol–water partition coefficient (Wildman–Crippen LogP) is 2.96. The Hall–Kier alpha value is -1.19. The Kier molecular flexibility index (Phi) is 2.60. The van der Waals surface area contributed by atoms with Crippen LogP contribution in [-0.2, 0) is 6.42 Å². The molecule has 4 fully saturated rings. The average molecular weight is 274 g/mol. The Morgan fingerprint density at radius 3 is 2.25 bits per heavy atom. The first-order valence-corrected chi connectivity index (χ1v) is 8.18. The van der Waals surface area contributed by atoms with Gasteiger partial charge < -0.3 is 10.6 Å². The molecule has 1 aromatic rings. The molecule has 110 valence electrons. The van der Waals surface area contributed by atoms with Gasteiger partial charge >= 0.3 is 0 Å². The molecule has 0 atom stereocenters. The SMILES string of the molecule is CCc1[nH]nc(N)c1N(C)C12CC3CC(CC(C3)C1)C2. The minimum atomic E-state index is 0.358. The van der Waals surface area contributed by atoms with Crippen LogP contribution in [0.3, 0.4) is 0 Å². The van der Waals surface area contributed by atoms with Crippen molar-refractivity contribution in [1.29, 1.82) is 0 Å². The van der Waals surface area contributed by atoms with E-state index in [0.717, 1.165) is 24.2 Å². The van der Waals surface area contributed by atoms with Gasteiger partial charge in [0.25, 0.3) is 0 Å². The Balaban J connectivity index is 1.71. The third kappa shape index (κ3) is 1.63. The van der Waals surface area contributed by atoms with E-state index in [4.69, 9.17) is 5.73 Å². The Labute approximate surface area is 121 Å². The van der Waals surface area contributed by atoms with Gasteiger partial charge in [0.2, 0.25) is 0 Å². The molecule has 4 bridgehead atoms. The van der Waals surface area contributed by atoms with Crippen molar-refractivity contribution in [1.82, 2.24) is 10.2 Å². The van der Waals surface area contributed by atoms with E-state index in [1.807, 2.05) is 0 Å². The van der Waals surface area contributed by atoms with Crippen LogP contribution in [0.25, 0.3) is 0 Å². The summed E-state index contributed by atoms with van der Waals surface area (Å²) in [6.45, 7) is 2.17. The number of H-pyrrole nitrogens is 1. The summed E-state index contributed by atoms with van der Waals surface area (Å²) in [6.07, 6.45) is 9.50. The molecule has 4 heteroatoms. The van der Waals surface area contributed by atoms with Crippen LogP contribution in [0.15, 0.2) is 0 Å². The number of hydrogen-bond donors (Lipinski definition) is 2. The van der Waals surface area contributed by atoms with E-state index in [1.54, 1.807) is 0 Å². The minimum absolute atomic E-state index is 0.358. The number of hydrogen-bond acceptors (Lipinski definition) is 3. The molecule has 0 amide bonds. The third-order valence-electron chi connectivity index (χ3n) is 6.25. The van der Waals surface area contributed by atoms with Crippen LogP contribution >= 0.6 is 0 Å². The van der Waals surface area contributed by atoms with Gasteiger partial charge in [0.1, 0.15) is 5.69 Å². The van der Waals surface area contributed by atoms with E-state index in [1.165, 1.54) is 49.9 Å². The summed E-state index contributed by atoms with van der Waals surface area (Å²) in [7, 11) is 2.26. The fourth-order valence-electron chi connectivity index (χ4n) is 5.72. The molecular weight excluding hydrogens is 248 g/mol. The molecule has 0 unspecified atom stereocenters. The summed E-state index contributed by atoms with van der Waals surface area (Å²) in [4.78, 5) is 2.51. The monoisotopic (exact) mass is 274 g/mol. The summed E-state index contributed by atoms with van der Waals surface area (Å²) in [5.41, 5.74) is 8.88. The molecule has 0 radical (unpaired) electrons. The number of anilines is 2. The second kappa shape index (κ2) is 4.15. The first-order valence-electron chi connectivity index (χ1n) is 8.18. The highest BCUT2D eigenvalue weighted by Crippen LogP contribution is 2.58. The van der Waals surface area contributed by atoms with E-state index in [0.29, 0.717) is 11.4 Å². The van der Waals surface area contributed by atoms with E-state index in [-0.39, 0.29) is 0 Å². The van der Waals surface area contributed by atoms with Crippen LogP contribution < -0.4 is 10.6 Å². The van der Waals surface area contributed by atoms with E-state index in [2.05, 4.69) is 29.1 Å². The molecule has 4 nitrogen and oxygen atoms in total. The topological polar surface area (TPSA) is 57.9 Å². The van der Waals surface area contributed by atoms with Crippen LogP contribution in [0, 0.1) is 17.8 Å². The summed E-state index contributed by atoms with van der Waals surface area (Å²) < 4.78 is 0. The highest BCUT2D eigenvalue weighted by Gasteiger charge is 2.53. The van der Waals surface area contributed by atoms with Crippen molar-refractivity contribution >= 4 is 11.5 Å². The zero-order valence-electron chi connectivity index (χ0n) is 12.7. The first-order chi connectivity index (χ1) is 9.61. The van der Waals surface area contributed by atoms with Gasteiger partial charge in [0.05, 0.1) is 5.69 Å². The minimum Gasteiger partial charge on any atom is -0.380 e. The number of aromatic amines is 1. The molecular formula is C16H26N4. The highest BCUT2D eigenvalue weighted by atomic mass is 15.3. The van der Waals surface area contributed by atoms with Crippen molar-refractivity contribution in [3.8, 4) is 0 Å². The summed E-state index contributed by atoms with van der Waals surface area (Å²) in [5.74, 6) is 3.56. The molecule has 4 aliphatic rings. The molecule has 4 saturated carbocycles. The van der Waals surface area contributed by atoms with Crippen LogP contribution in [0.4, 0.5) is 11.5 Å². The van der Waals surface area contributed by atoms with Crippen molar-refractivity contribution in [2.45, 2.75) is 57.4 Å². The lowest BCUT2D eigenvalue weighted by Crippen LogP contribution is -2.59. The zero-order valence-corrected chi connectivity index (χ0v) is 12.7. The van der Waals surface area contributed by atoms with Gasteiger partial charge in [0, 0.05) is 12.6 Å². The molecule has 1 heterocycles. The van der Waals surface area contributed by atoms with Crippen LogP contribution in [-0.4, -0.2) is 22.8 Å². The second-order valence-electron chi connectivity index (χ2n) is 7.49. The van der Waals surface area contributed by atoms with Crippen LogP contribution in [0.2, 0.25) is 0 Å². The summed E-state index contributed by atoms with van der Waals surface area (Å²) in [5, 5.41) is 7.37. The van der Waals surface area contributed by atoms with Gasteiger partial charge in [-0.15, -0.1) is 0 Å². The van der Waals surface area contributed by atoms with Gasteiger partial charge in [0.15, 0.2) is 5.82 Å². The maximum atomic E-state index is 6.15. The maximum Gasteiger partial charge on any atom is 0.169 e. The zero-order chi connectivity index (χ0) is 13.9. The third-order valence-corrected chi connectivity index (χ3v) is 6.25. The molecule has 0 spiro atoms. The number of aryl methyl sites for hydroxylation is 1. The van der Waals surface area contributed by atoms with Gasteiger partial charge in [-0.1, -0.05) is 6.92 Å². The number of nitrogen functional groups attached to an aromatic ring is 1. The van der Waals surface area contributed by atoms with Crippen LogP contribution in [0.5, 0.6) is 0 Å². The van der Waals surface area contributed by atoms with E-state index >= 15 is 0 Å². The fraction of sp³-hybridized carbons (Fsp3) is 0.812. The quantitative estimate of drug-likeness (QED) is 0.891. The number of nitrogens with zero attached hydrogens (tertiary/aromatic N) is 2. The lowest BCUT2D eigenvalue weighted by Gasteiger charge is -2.60. The Bertz CT molecular complexity index is 483. The fourth-order valence-corrected chi connectivity index (χ4v) is 5.72. The smallest absolute Gasteiger partial charge is 0.169 e. The second-order valence-corrected chi connectivity index (χ2v) is 7.49. The van der Waals surface area contributed by atoms with Crippen molar-refractivity contribution in [2.24, 2.45) is 17.8 Å². The Morgan fingerprint density at radius 2 is 1.75 bits per heavy atom. The molecule has 0 aromatic carbocycles. The van der Waals surface area contributed by atoms with Gasteiger partial charge in [-0.2, -0.15) is 5.10 Å². The normalized spacial score (nSPS) is 38.4. The van der Waals surface area contributed by atoms with Crippen LogP contribution in [0.1, 0.15) is 51.1 Å². The Morgan fingerprint density at radius 1 is 1.20 bits per heavy atom.